The zero-order valence-corrected chi connectivity index (χ0v) is 17.5. The van der Waals surface area contributed by atoms with Crippen LogP contribution in [0.15, 0.2) is 0 Å². The molecule has 0 heterocycles. The van der Waals surface area contributed by atoms with E-state index in [-0.39, 0.29) is 0 Å². The quantitative estimate of drug-likeness (QED) is 0.0772. The molecule has 40 heavy (non-hydrogen) atoms. The van der Waals surface area contributed by atoms with Gasteiger partial charge in [-0.3, -0.25) is 0 Å². The van der Waals surface area contributed by atoms with Crippen molar-refractivity contribution >= 4 is 0 Å². The molecule has 0 spiro atoms. The topological polar surface area (TPSA) is 18.5 Å². The SMILES string of the molecule is FC(F)C(F)(F)C(F)(F)C(F)(F)C(F)(F)C(F)(F)COOCC(F)(F)C(F)(F)C(F)(F)C(F)(F)C(F)(F)C(F)F. The Morgan fingerprint density at radius 3 is 0.700 bits per heavy atom. The summed E-state index contributed by atoms with van der Waals surface area (Å²) in [5, 5.41) is 0. The molecule has 0 aromatic rings. The van der Waals surface area contributed by atoms with Gasteiger partial charge >= 0.3 is 72.1 Å². The van der Waals surface area contributed by atoms with E-state index in [0.29, 0.717) is 0 Å². The van der Waals surface area contributed by atoms with Crippen LogP contribution in [-0.4, -0.2) is 85.3 Å². The molecule has 0 unspecified atom stereocenters. The molecule has 0 aromatic carbocycles. The molecule has 0 rings (SSSR count). The summed E-state index contributed by atoms with van der Waals surface area (Å²) >= 11 is 0. The van der Waals surface area contributed by atoms with E-state index in [4.69, 9.17) is 0 Å². The molecule has 0 aliphatic rings. The highest BCUT2D eigenvalue weighted by atomic mass is 19.4. The van der Waals surface area contributed by atoms with Gasteiger partial charge in [0.1, 0.15) is 0 Å². The highest BCUT2D eigenvalue weighted by Crippen LogP contribution is 2.59. The van der Waals surface area contributed by atoms with Gasteiger partial charge in [0, 0.05) is 0 Å². The Morgan fingerprint density at radius 2 is 0.525 bits per heavy atom. The lowest BCUT2D eigenvalue weighted by atomic mass is 9.94. The predicted octanol–water partition coefficient (Wildman–Crippen LogP) is 7.82. The Labute approximate surface area is 202 Å². The van der Waals surface area contributed by atoms with Crippen LogP contribution in [-0.2, 0) is 9.78 Å². The summed E-state index contributed by atoms with van der Waals surface area (Å²) in [6.45, 7) is -7.80. The smallest absolute Gasteiger partial charge is 0.230 e. The van der Waals surface area contributed by atoms with Crippen molar-refractivity contribution in [3.63, 3.8) is 0 Å². The van der Waals surface area contributed by atoms with E-state index in [1.165, 1.54) is 0 Å². The summed E-state index contributed by atoms with van der Waals surface area (Å²) < 4.78 is 309. The molecular weight excluding hydrogens is 656 g/mol. The van der Waals surface area contributed by atoms with Crippen LogP contribution in [0.4, 0.5) is 105 Å². The molecule has 0 bridgehead atoms. The minimum atomic E-state index is -8.19. The van der Waals surface area contributed by atoms with Gasteiger partial charge in [-0.25, -0.2) is 27.3 Å². The Kier molecular flexibility index (Phi) is 10.0. The Morgan fingerprint density at radius 1 is 0.325 bits per heavy atom. The van der Waals surface area contributed by atoms with Gasteiger partial charge < -0.3 is 0 Å². The number of rotatable bonds is 15. The molecule has 0 atom stereocenters. The highest BCUT2D eigenvalue weighted by Gasteiger charge is 2.89. The Balaban J connectivity index is 5.91. The first-order chi connectivity index (χ1) is 17.1. The summed E-state index contributed by atoms with van der Waals surface area (Å²) in [7, 11) is 0. The van der Waals surface area contributed by atoms with Crippen molar-refractivity contribution in [2.75, 3.05) is 13.2 Å². The molecule has 2 nitrogen and oxygen atoms in total. The van der Waals surface area contributed by atoms with Crippen molar-refractivity contribution in [2.24, 2.45) is 0 Å². The fraction of sp³-hybridized carbons (Fsp3) is 1.00. The third kappa shape index (κ3) is 5.41. The molecule has 242 valence electrons. The fourth-order valence-electron chi connectivity index (χ4n) is 1.96. The van der Waals surface area contributed by atoms with Crippen LogP contribution < -0.4 is 0 Å². The van der Waals surface area contributed by atoms with Crippen molar-refractivity contribution < 1.29 is 115 Å². The van der Waals surface area contributed by atoms with Crippen molar-refractivity contribution in [3.05, 3.63) is 0 Å². The summed E-state index contributed by atoms with van der Waals surface area (Å²) in [5.41, 5.74) is 0. The number of hydrogen-bond acceptors (Lipinski definition) is 2. The van der Waals surface area contributed by atoms with Crippen LogP contribution in [0.25, 0.3) is 0 Å². The van der Waals surface area contributed by atoms with Crippen LogP contribution in [0.3, 0.4) is 0 Å². The van der Waals surface area contributed by atoms with Gasteiger partial charge in [-0.15, -0.1) is 0 Å². The third-order valence-electron chi connectivity index (χ3n) is 4.45. The largest absolute Gasteiger partial charge is 0.384 e. The third-order valence-corrected chi connectivity index (χ3v) is 4.45. The van der Waals surface area contributed by atoms with Gasteiger partial charge in [-0.1, -0.05) is 0 Å². The minimum absolute atomic E-state index is 2.50. The normalized spacial score (nSPS) is 16.4. The number of halogens is 24. The van der Waals surface area contributed by atoms with Crippen LogP contribution in [0.1, 0.15) is 0 Å². The maximum absolute atomic E-state index is 13.3. The van der Waals surface area contributed by atoms with Crippen LogP contribution in [0.2, 0.25) is 0 Å². The lowest BCUT2D eigenvalue weighted by Gasteiger charge is -2.39. The average molecular weight is 662 g/mol. The van der Waals surface area contributed by atoms with E-state index in [0.717, 1.165) is 0 Å². The Hall–Kier alpha value is -1.76. The standard InChI is InChI=1S/C14H6F24O2/c15-3(16)7(23,24)11(31,32)13(35,36)9(27,28)5(19,20)1-39-40-2-6(21,22)10(29,30)14(37,38)12(33,34)8(25,26)4(17)18/h3-4H,1-2H2. The van der Waals surface area contributed by atoms with Crippen molar-refractivity contribution in [1.82, 2.24) is 0 Å². The fourth-order valence-corrected chi connectivity index (χ4v) is 1.96. The average Bonchev–Trinajstić information content (AvgIpc) is 2.75. The molecule has 0 aliphatic carbocycles. The van der Waals surface area contributed by atoms with E-state index >= 15 is 0 Å². The summed E-state index contributed by atoms with van der Waals surface area (Å²) in [4.78, 5) is 5.01. The number of alkyl halides is 24. The molecule has 0 N–H and O–H groups in total. The van der Waals surface area contributed by atoms with Crippen molar-refractivity contribution in [3.8, 4) is 0 Å². The molecular formula is C14H6F24O2. The first kappa shape index (κ1) is 38.2. The van der Waals surface area contributed by atoms with Crippen LogP contribution >= 0.6 is 0 Å². The molecule has 0 radical (unpaired) electrons. The molecule has 0 saturated heterocycles. The molecule has 0 fully saturated rings. The van der Waals surface area contributed by atoms with Gasteiger partial charge in [0.2, 0.25) is 0 Å². The van der Waals surface area contributed by atoms with Gasteiger partial charge in [-0.05, 0) is 0 Å². The zero-order chi connectivity index (χ0) is 33.0. The molecule has 0 aliphatic heterocycles. The summed E-state index contributed by atoms with van der Waals surface area (Å²) in [6, 6.07) is 0. The summed E-state index contributed by atoms with van der Waals surface area (Å²) in [5.74, 6) is -77.5. The molecule has 26 heteroatoms. The highest BCUT2D eigenvalue weighted by molar-refractivity contribution is 5.10. The maximum Gasteiger partial charge on any atom is 0.384 e. The molecule has 0 saturated carbocycles. The van der Waals surface area contributed by atoms with E-state index < -0.39 is 85.3 Å². The van der Waals surface area contributed by atoms with Gasteiger partial charge in [0.25, 0.3) is 0 Å². The lowest BCUT2D eigenvalue weighted by molar-refractivity contribution is -0.442. The first-order valence-electron chi connectivity index (χ1n) is 8.68. The van der Waals surface area contributed by atoms with E-state index in [2.05, 4.69) is 9.78 Å². The second-order valence-corrected chi connectivity index (χ2v) is 7.23. The monoisotopic (exact) mass is 662 g/mol. The number of hydrogen-bond donors (Lipinski definition) is 0. The van der Waals surface area contributed by atoms with Gasteiger partial charge in [0.15, 0.2) is 13.2 Å². The van der Waals surface area contributed by atoms with Crippen LogP contribution in [0.5, 0.6) is 0 Å². The maximum atomic E-state index is 13.3. The van der Waals surface area contributed by atoms with E-state index in [1.807, 2.05) is 0 Å². The molecule has 0 aromatic heterocycles. The van der Waals surface area contributed by atoms with Gasteiger partial charge in [0.05, 0.1) is 0 Å². The van der Waals surface area contributed by atoms with E-state index in [9.17, 15) is 105 Å². The van der Waals surface area contributed by atoms with Crippen molar-refractivity contribution in [1.29, 1.82) is 0 Å². The van der Waals surface area contributed by atoms with Crippen LogP contribution in [0, 0.1) is 0 Å². The predicted molar refractivity (Wildman–Crippen MR) is 73.4 cm³/mol. The lowest BCUT2D eigenvalue weighted by Crippen LogP contribution is -2.69. The minimum Gasteiger partial charge on any atom is -0.230 e. The second-order valence-electron chi connectivity index (χ2n) is 7.23. The van der Waals surface area contributed by atoms with Gasteiger partial charge in [-0.2, -0.15) is 87.8 Å². The van der Waals surface area contributed by atoms with E-state index in [1.54, 1.807) is 0 Å². The first-order valence-corrected chi connectivity index (χ1v) is 8.68. The second kappa shape index (κ2) is 10.5. The molecule has 0 amide bonds. The Bertz CT molecular complexity index is 792. The van der Waals surface area contributed by atoms with Crippen molar-refractivity contribution in [2.45, 2.75) is 72.1 Å². The summed E-state index contributed by atoms with van der Waals surface area (Å²) in [6.07, 6.45) is -11.8. The zero-order valence-electron chi connectivity index (χ0n) is 17.5.